The molecule has 1 fully saturated rings. The van der Waals surface area contributed by atoms with Crippen LogP contribution in [0.5, 0.6) is 17.2 Å². The van der Waals surface area contributed by atoms with E-state index in [-0.39, 0.29) is 35.2 Å². The van der Waals surface area contributed by atoms with Gasteiger partial charge in [0.2, 0.25) is 10.0 Å². The van der Waals surface area contributed by atoms with E-state index in [0.29, 0.717) is 43.5 Å². The fourth-order valence-corrected chi connectivity index (χ4v) is 7.58. The molecule has 3 aromatic rings. The summed E-state index contributed by atoms with van der Waals surface area (Å²) in [6.07, 6.45) is -1.10. The predicted molar refractivity (Wildman–Crippen MR) is 158 cm³/mol. The zero-order chi connectivity index (χ0) is 30.6. The minimum absolute atomic E-state index is 0.0546. The molecule has 0 aromatic heterocycles. The summed E-state index contributed by atoms with van der Waals surface area (Å²) < 4.78 is 77.4. The molecule has 0 radical (unpaired) electrons. The van der Waals surface area contributed by atoms with Crippen molar-refractivity contribution < 1.29 is 40.6 Å². The summed E-state index contributed by atoms with van der Waals surface area (Å²) in [5.74, 6) is 0.727. The van der Waals surface area contributed by atoms with Crippen molar-refractivity contribution in [2.45, 2.75) is 22.8 Å². The van der Waals surface area contributed by atoms with Crippen molar-refractivity contribution in [2.24, 2.45) is 0 Å². The molecule has 2 aliphatic heterocycles. The normalized spacial score (nSPS) is 17.4. The standard InChI is InChI=1S/C29H33N3O9S2/c1-21-3-12-27-26(19-21)32(43(36,37)25-8-4-22(38-2)5-9-25)20-28(41-27)29(33)30-13-16-40-23-6-10-24(11-7-23)42(34,35)31-14-17-39-18-15-31/h3-12,19,28H,13-18,20H2,1-2H3,(H,30,33)/t28-/m1/s1. The summed E-state index contributed by atoms with van der Waals surface area (Å²) in [6.45, 7) is 3.16. The highest BCUT2D eigenvalue weighted by Gasteiger charge is 2.37. The number of methoxy groups -OCH3 is 1. The number of amides is 1. The molecule has 230 valence electrons. The van der Waals surface area contributed by atoms with E-state index in [1.54, 1.807) is 42.5 Å². The van der Waals surface area contributed by atoms with Gasteiger partial charge in [-0.1, -0.05) is 6.07 Å². The Morgan fingerprint density at radius 1 is 0.907 bits per heavy atom. The molecule has 5 rings (SSSR count). The van der Waals surface area contributed by atoms with Gasteiger partial charge in [-0.2, -0.15) is 4.31 Å². The Balaban J connectivity index is 1.20. The number of nitrogens with zero attached hydrogens (tertiary/aromatic N) is 2. The molecule has 43 heavy (non-hydrogen) atoms. The maximum atomic E-state index is 13.7. The van der Waals surface area contributed by atoms with Gasteiger partial charge in [-0.15, -0.1) is 0 Å². The van der Waals surface area contributed by atoms with Crippen LogP contribution in [0, 0.1) is 6.92 Å². The lowest BCUT2D eigenvalue weighted by molar-refractivity contribution is -0.127. The van der Waals surface area contributed by atoms with Gasteiger partial charge >= 0.3 is 0 Å². The molecular formula is C29H33N3O9S2. The summed E-state index contributed by atoms with van der Waals surface area (Å²) in [4.78, 5) is 13.3. The fourth-order valence-electron chi connectivity index (χ4n) is 4.70. The average Bonchev–Trinajstić information content (AvgIpc) is 3.03. The average molecular weight is 632 g/mol. The highest BCUT2D eigenvalue weighted by Crippen LogP contribution is 2.38. The SMILES string of the molecule is COc1ccc(S(=O)(=O)N2C[C@H](C(=O)NCCOc3ccc(S(=O)(=O)N4CCOCC4)cc3)Oc3ccc(C)cc32)cc1. The number of anilines is 1. The summed E-state index contributed by atoms with van der Waals surface area (Å²) in [7, 11) is -6.14. The van der Waals surface area contributed by atoms with Crippen LogP contribution in [0.2, 0.25) is 0 Å². The molecule has 12 nitrogen and oxygen atoms in total. The van der Waals surface area contributed by atoms with Crippen LogP contribution < -0.4 is 23.8 Å². The molecule has 2 heterocycles. The smallest absolute Gasteiger partial charge is 0.264 e. The molecule has 3 aromatic carbocycles. The molecule has 0 saturated carbocycles. The van der Waals surface area contributed by atoms with E-state index in [4.69, 9.17) is 18.9 Å². The van der Waals surface area contributed by atoms with Crippen molar-refractivity contribution in [3.05, 3.63) is 72.3 Å². The number of hydrogen-bond donors (Lipinski definition) is 1. The second-order valence-electron chi connectivity index (χ2n) is 9.92. The third kappa shape index (κ3) is 6.72. The van der Waals surface area contributed by atoms with E-state index in [1.165, 1.54) is 40.0 Å². The van der Waals surface area contributed by atoms with Crippen LogP contribution in [0.15, 0.2) is 76.5 Å². The van der Waals surface area contributed by atoms with Crippen LogP contribution in [-0.4, -0.2) is 86.3 Å². The van der Waals surface area contributed by atoms with E-state index in [0.717, 1.165) is 5.56 Å². The van der Waals surface area contributed by atoms with E-state index in [1.807, 2.05) is 6.92 Å². The molecule has 14 heteroatoms. The third-order valence-corrected chi connectivity index (χ3v) is 10.7. The molecule has 0 bridgehead atoms. The first kappa shape index (κ1) is 30.6. The number of nitrogens with one attached hydrogen (secondary N) is 1. The van der Waals surface area contributed by atoms with Gasteiger partial charge in [0.15, 0.2) is 6.10 Å². The Labute approximate surface area is 251 Å². The molecule has 2 aliphatic rings. The first-order valence-corrected chi connectivity index (χ1v) is 16.5. The van der Waals surface area contributed by atoms with Crippen molar-refractivity contribution >= 4 is 31.6 Å². The minimum Gasteiger partial charge on any atom is -0.497 e. The van der Waals surface area contributed by atoms with E-state index in [9.17, 15) is 21.6 Å². The second-order valence-corrected chi connectivity index (χ2v) is 13.7. The van der Waals surface area contributed by atoms with Crippen LogP contribution in [0.25, 0.3) is 0 Å². The molecule has 1 N–H and O–H groups in total. The van der Waals surface area contributed by atoms with Crippen LogP contribution in [-0.2, 0) is 29.6 Å². The van der Waals surface area contributed by atoms with Gasteiger partial charge in [-0.3, -0.25) is 9.10 Å². The molecule has 0 aliphatic carbocycles. The zero-order valence-electron chi connectivity index (χ0n) is 23.8. The number of fused-ring (bicyclic) bond motifs is 1. The predicted octanol–water partition coefficient (Wildman–Crippen LogP) is 2.18. The lowest BCUT2D eigenvalue weighted by atomic mass is 10.1. The third-order valence-electron chi connectivity index (χ3n) is 7.03. The number of hydrogen-bond acceptors (Lipinski definition) is 9. The first-order valence-electron chi connectivity index (χ1n) is 13.6. The quantitative estimate of drug-likeness (QED) is 0.334. The maximum absolute atomic E-state index is 13.7. The van der Waals surface area contributed by atoms with Crippen LogP contribution in [0.3, 0.4) is 0 Å². The van der Waals surface area contributed by atoms with Crippen molar-refractivity contribution in [3.8, 4) is 17.2 Å². The minimum atomic E-state index is -4.03. The van der Waals surface area contributed by atoms with Crippen LogP contribution >= 0.6 is 0 Å². The van der Waals surface area contributed by atoms with Gasteiger partial charge in [0, 0.05) is 13.1 Å². The number of benzene rings is 3. The van der Waals surface area contributed by atoms with Crippen LogP contribution in [0.1, 0.15) is 5.56 Å². The van der Waals surface area contributed by atoms with Gasteiger partial charge in [0.25, 0.3) is 15.9 Å². The lowest BCUT2D eigenvalue weighted by Crippen LogP contribution is -2.51. The molecule has 0 unspecified atom stereocenters. The van der Waals surface area contributed by atoms with E-state index in [2.05, 4.69) is 5.32 Å². The van der Waals surface area contributed by atoms with E-state index >= 15 is 0 Å². The van der Waals surface area contributed by atoms with Crippen molar-refractivity contribution in [1.82, 2.24) is 9.62 Å². The largest absolute Gasteiger partial charge is 0.497 e. The maximum Gasteiger partial charge on any atom is 0.264 e. The van der Waals surface area contributed by atoms with E-state index < -0.39 is 32.1 Å². The van der Waals surface area contributed by atoms with Gasteiger partial charge in [-0.05, 0) is 73.2 Å². The Kier molecular flexibility index (Phi) is 9.11. The van der Waals surface area contributed by atoms with Gasteiger partial charge in [0.05, 0.1) is 48.9 Å². The number of rotatable bonds is 10. The number of carbonyl (C=O) groups excluding carboxylic acids is 1. The summed E-state index contributed by atoms with van der Waals surface area (Å²) in [5.41, 5.74) is 1.19. The summed E-state index contributed by atoms with van der Waals surface area (Å²) >= 11 is 0. The summed E-state index contributed by atoms with van der Waals surface area (Å²) in [5, 5.41) is 2.73. The number of ether oxygens (including phenoxy) is 4. The van der Waals surface area contributed by atoms with Gasteiger partial charge in [0.1, 0.15) is 23.9 Å². The summed E-state index contributed by atoms with van der Waals surface area (Å²) in [6, 6.07) is 17.2. The first-order chi connectivity index (χ1) is 20.6. The Morgan fingerprint density at radius 3 is 2.19 bits per heavy atom. The van der Waals surface area contributed by atoms with Crippen molar-refractivity contribution in [1.29, 1.82) is 0 Å². The molecule has 1 amide bonds. The molecule has 1 saturated heterocycles. The highest BCUT2D eigenvalue weighted by molar-refractivity contribution is 7.92. The van der Waals surface area contributed by atoms with Gasteiger partial charge < -0.3 is 24.3 Å². The Morgan fingerprint density at radius 2 is 1.53 bits per heavy atom. The molecular weight excluding hydrogens is 598 g/mol. The fraction of sp³-hybridized carbons (Fsp3) is 0.345. The molecule has 0 spiro atoms. The second kappa shape index (κ2) is 12.8. The van der Waals surface area contributed by atoms with Gasteiger partial charge in [-0.25, -0.2) is 16.8 Å². The van der Waals surface area contributed by atoms with Crippen LogP contribution in [0.4, 0.5) is 5.69 Å². The topological polar surface area (TPSA) is 141 Å². The number of sulfonamides is 2. The number of aryl methyl sites for hydroxylation is 1. The van der Waals surface area contributed by atoms with Crippen molar-refractivity contribution in [2.75, 3.05) is 57.4 Å². The number of morpholine rings is 1. The lowest BCUT2D eigenvalue weighted by Gasteiger charge is -2.35. The highest BCUT2D eigenvalue weighted by atomic mass is 32.2. The van der Waals surface area contributed by atoms with Crippen molar-refractivity contribution in [3.63, 3.8) is 0 Å². The Hall–Kier alpha value is -3.85. The monoisotopic (exact) mass is 631 g/mol. The number of carbonyl (C=O) groups is 1. The zero-order valence-corrected chi connectivity index (χ0v) is 25.4. The Bertz CT molecular complexity index is 1660. The molecule has 1 atom stereocenters.